The van der Waals surface area contributed by atoms with Crippen molar-refractivity contribution in [3.05, 3.63) is 81.8 Å². The van der Waals surface area contributed by atoms with E-state index in [0.29, 0.717) is 33.6 Å². The summed E-state index contributed by atoms with van der Waals surface area (Å²) in [5.74, 6) is 0.000485. The number of benzene rings is 3. The maximum atomic E-state index is 13.3. The Morgan fingerprint density at radius 1 is 1.09 bits per heavy atom. The molecule has 0 spiro atoms. The molecule has 9 heteroatoms. The third kappa shape index (κ3) is 5.11. The molecule has 1 heterocycles. The number of carbonyl (C=O) groups excluding carboxylic acids is 1. The molecule has 0 unspecified atom stereocenters. The number of halogens is 2. The summed E-state index contributed by atoms with van der Waals surface area (Å²) in [5, 5.41) is 3.45. The van der Waals surface area contributed by atoms with Crippen LogP contribution in [-0.2, 0) is 21.2 Å². The van der Waals surface area contributed by atoms with E-state index in [1.165, 1.54) is 10.4 Å². The SMILES string of the molecule is Cc1cc(S(=O)(=O)N2CCCc3ccccc32)ccc1OCC(=O)Nc1cc(Cl)ccc1Cl. The molecule has 1 aliphatic heterocycles. The summed E-state index contributed by atoms with van der Waals surface area (Å²) in [6, 6.07) is 16.9. The molecule has 0 aliphatic carbocycles. The van der Waals surface area contributed by atoms with Gasteiger partial charge in [-0.3, -0.25) is 9.10 Å². The van der Waals surface area contributed by atoms with Crippen molar-refractivity contribution in [1.29, 1.82) is 0 Å². The molecule has 0 saturated carbocycles. The van der Waals surface area contributed by atoms with E-state index >= 15 is 0 Å². The Morgan fingerprint density at radius 2 is 1.88 bits per heavy atom. The van der Waals surface area contributed by atoms with Gasteiger partial charge in [-0.1, -0.05) is 41.4 Å². The Bertz CT molecular complexity index is 1310. The van der Waals surface area contributed by atoms with E-state index in [1.807, 2.05) is 24.3 Å². The predicted molar refractivity (Wildman–Crippen MR) is 131 cm³/mol. The molecule has 0 atom stereocenters. The zero-order valence-corrected chi connectivity index (χ0v) is 20.2. The van der Waals surface area contributed by atoms with Crippen LogP contribution in [0.3, 0.4) is 0 Å². The van der Waals surface area contributed by atoms with Gasteiger partial charge in [-0.2, -0.15) is 0 Å². The lowest BCUT2D eigenvalue weighted by Gasteiger charge is -2.30. The minimum atomic E-state index is -3.72. The molecule has 0 saturated heterocycles. The van der Waals surface area contributed by atoms with Crippen LogP contribution in [0, 0.1) is 6.92 Å². The largest absolute Gasteiger partial charge is 0.483 e. The second kappa shape index (κ2) is 9.63. The van der Waals surface area contributed by atoms with Crippen LogP contribution in [0.25, 0.3) is 0 Å². The number of hydrogen-bond donors (Lipinski definition) is 1. The van der Waals surface area contributed by atoms with Gasteiger partial charge in [0.2, 0.25) is 0 Å². The van der Waals surface area contributed by atoms with Crippen molar-refractivity contribution < 1.29 is 17.9 Å². The van der Waals surface area contributed by atoms with Gasteiger partial charge in [-0.05, 0) is 73.4 Å². The molecular formula is C24H22Cl2N2O4S. The highest BCUT2D eigenvalue weighted by Gasteiger charge is 2.29. The quantitative estimate of drug-likeness (QED) is 0.483. The van der Waals surface area contributed by atoms with Gasteiger partial charge < -0.3 is 10.1 Å². The Balaban J connectivity index is 1.47. The minimum Gasteiger partial charge on any atom is -0.483 e. The Kier molecular flexibility index (Phi) is 6.83. The van der Waals surface area contributed by atoms with E-state index in [1.54, 1.807) is 37.3 Å². The number of fused-ring (bicyclic) bond motifs is 1. The summed E-state index contributed by atoms with van der Waals surface area (Å²) in [7, 11) is -3.72. The van der Waals surface area contributed by atoms with Gasteiger partial charge in [0.05, 0.1) is 21.3 Å². The smallest absolute Gasteiger partial charge is 0.264 e. The molecule has 4 rings (SSSR count). The number of nitrogens with one attached hydrogen (secondary N) is 1. The Labute approximate surface area is 203 Å². The molecule has 33 heavy (non-hydrogen) atoms. The van der Waals surface area contributed by atoms with Crippen molar-refractivity contribution in [3.63, 3.8) is 0 Å². The third-order valence-corrected chi connectivity index (χ3v) is 7.74. The molecule has 0 aromatic heterocycles. The molecule has 3 aromatic carbocycles. The standard InChI is InChI=1S/C24H22Cl2N2O4S/c1-16-13-19(33(30,31)28-12-4-6-17-5-2-3-7-22(17)28)9-11-23(16)32-15-24(29)27-21-14-18(25)8-10-20(21)26/h2-3,5,7-11,13-14H,4,6,12,15H2,1H3,(H,27,29). The number of carbonyl (C=O) groups is 1. The number of nitrogens with zero attached hydrogens (tertiary/aromatic N) is 1. The third-order valence-electron chi connectivity index (χ3n) is 5.36. The van der Waals surface area contributed by atoms with E-state index in [9.17, 15) is 13.2 Å². The number of amides is 1. The van der Waals surface area contributed by atoms with Crippen molar-refractivity contribution in [2.45, 2.75) is 24.7 Å². The van der Waals surface area contributed by atoms with Gasteiger partial charge in [-0.25, -0.2) is 8.42 Å². The highest BCUT2D eigenvalue weighted by Crippen LogP contribution is 2.33. The van der Waals surface area contributed by atoms with Gasteiger partial charge >= 0.3 is 0 Å². The van der Waals surface area contributed by atoms with Crippen LogP contribution in [0.2, 0.25) is 10.0 Å². The fourth-order valence-electron chi connectivity index (χ4n) is 3.74. The fourth-order valence-corrected chi connectivity index (χ4v) is 5.71. The number of hydrogen-bond acceptors (Lipinski definition) is 4. The predicted octanol–water partition coefficient (Wildman–Crippen LogP) is 5.46. The first-order chi connectivity index (χ1) is 15.8. The molecule has 1 N–H and O–H groups in total. The summed E-state index contributed by atoms with van der Waals surface area (Å²) in [5.41, 5.74) is 2.74. The summed E-state index contributed by atoms with van der Waals surface area (Å²) in [4.78, 5) is 12.4. The van der Waals surface area contributed by atoms with Crippen molar-refractivity contribution in [3.8, 4) is 5.75 Å². The van der Waals surface area contributed by atoms with Crippen LogP contribution in [-0.4, -0.2) is 27.5 Å². The number of anilines is 2. The second-order valence-electron chi connectivity index (χ2n) is 7.70. The number of aryl methyl sites for hydroxylation is 2. The first-order valence-corrected chi connectivity index (χ1v) is 12.5. The highest BCUT2D eigenvalue weighted by atomic mass is 35.5. The lowest BCUT2D eigenvalue weighted by atomic mass is 10.0. The summed E-state index contributed by atoms with van der Waals surface area (Å²) >= 11 is 12.0. The zero-order chi connectivity index (χ0) is 23.6. The molecule has 172 valence electrons. The maximum Gasteiger partial charge on any atom is 0.264 e. The fraction of sp³-hybridized carbons (Fsp3) is 0.208. The molecule has 6 nitrogen and oxygen atoms in total. The molecule has 0 radical (unpaired) electrons. The summed E-state index contributed by atoms with van der Waals surface area (Å²) in [6.45, 7) is 1.91. The van der Waals surface area contributed by atoms with E-state index in [2.05, 4.69) is 5.32 Å². The number of rotatable bonds is 6. The average molecular weight is 505 g/mol. The Morgan fingerprint density at radius 3 is 2.67 bits per heavy atom. The van der Waals surface area contributed by atoms with Gasteiger partial charge in [0.1, 0.15) is 5.75 Å². The zero-order valence-electron chi connectivity index (χ0n) is 17.8. The van der Waals surface area contributed by atoms with Crippen molar-refractivity contribution in [1.82, 2.24) is 0 Å². The van der Waals surface area contributed by atoms with Crippen LogP contribution >= 0.6 is 23.2 Å². The van der Waals surface area contributed by atoms with Crippen molar-refractivity contribution in [2.75, 3.05) is 22.8 Å². The molecule has 0 fully saturated rings. The van der Waals surface area contributed by atoms with Crippen LogP contribution in [0.1, 0.15) is 17.5 Å². The van der Waals surface area contributed by atoms with E-state index in [0.717, 1.165) is 24.1 Å². The van der Waals surface area contributed by atoms with Crippen LogP contribution < -0.4 is 14.4 Å². The topological polar surface area (TPSA) is 75.7 Å². The summed E-state index contributed by atoms with van der Waals surface area (Å²) < 4.78 is 33.8. The van der Waals surface area contributed by atoms with Crippen molar-refractivity contribution >= 4 is 50.5 Å². The van der Waals surface area contributed by atoms with Crippen molar-refractivity contribution in [2.24, 2.45) is 0 Å². The van der Waals surface area contributed by atoms with E-state index in [-0.39, 0.29) is 11.5 Å². The first kappa shape index (κ1) is 23.4. The lowest BCUT2D eigenvalue weighted by Crippen LogP contribution is -2.35. The number of sulfonamides is 1. The van der Waals surface area contributed by atoms with E-state index in [4.69, 9.17) is 27.9 Å². The Hall–Kier alpha value is -2.74. The molecular weight excluding hydrogens is 483 g/mol. The minimum absolute atomic E-state index is 0.180. The molecule has 1 aliphatic rings. The monoisotopic (exact) mass is 504 g/mol. The lowest BCUT2D eigenvalue weighted by molar-refractivity contribution is -0.118. The average Bonchev–Trinajstić information content (AvgIpc) is 2.80. The highest BCUT2D eigenvalue weighted by molar-refractivity contribution is 7.92. The second-order valence-corrected chi connectivity index (χ2v) is 10.4. The van der Waals surface area contributed by atoms with Gasteiger partial charge in [-0.15, -0.1) is 0 Å². The van der Waals surface area contributed by atoms with Crippen LogP contribution in [0.15, 0.2) is 65.6 Å². The van der Waals surface area contributed by atoms with Gasteiger partial charge in [0, 0.05) is 11.6 Å². The van der Waals surface area contributed by atoms with Gasteiger partial charge in [0.25, 0.3) is 15.9 Å². The van der Waals surface area contributed by atoms with E-state index < -0.39 is 15.9 Å². The maximum absolute atomic E-state index is 13.3. The normalized spacial score (nSPS) is 13.4. The molecule has 1 amide bonds. The van der Waals surface area contributed by atoms with Crippen LogP contribution in [0.5, 0.6) is 5.75 Å². The molecule has 3 aromatic rings. The van der Waals surface area contributed by atoms with Crippen LogP contribution in [0.4, 0.5) is 11.4 Å². The first-order valence-electron chi connectivity index (χ1n) is 10.3. The number of para-hydroxylation sites is 1. The number of ether oxygens (including phenoxy) is 1. The molecule has 0 bridgehead atoms. The summed E-state index contributed by atoms with van der Waals surface area (Å²) in [6.07, 6.45) is 1.62. The van der Waals surface area contributed by atoms with Gasteiger partial charge in [0.15, 0.2) is 6.61 Å².